The molecule has 0 heterocycles. The molecule has 122 valence electrons. The van der Waals surface area contributed by atoms with Gasteiger partial charge in [-0.2, -0.15) is 0 Å². The van der Waals surface area contributed by atoms with Crippen LogP contribution in [-0.2, 0) is 0 Å². The largest absolute Gasteiger partial charge is 0.372 e. The molecule has 1 nitrogen and oxygen atoms in total. The Morgan fingerprint density at radius 3 is 1.82 bits per heavy atom. The van der Waals surface area contributed by atoms with Crippen LogP contribution in [0.3, 0.4) is 0 Å². The molecule has 0 radical (unpaired) electrons. The van der Waals surface area contributed by atoms with E-state index in [1.165, 1.54) is 22.4 Å². The minimum Gasteiger partial charge on any atom is -0.372 e. The first-order chi connectivity index (χ1) is 10.8. The second kappa shape index (κ2) is 11.9. The van der Waals surface area contributed by atoms with Crippen molar-refractivity contribution in [3.63, 3.8) is 0 Å². The van der Waals surface area contributed by atoms with Crippen LogP contribution < -0.4 is 4.90 Å². The highest BCUT2D eigenvalue weighted by molar-refractivity contribution is 5.79. The van der Waals surface area contributed by atoms with E-state index >= 15 is 0 Å². The van der Waals surface area contributed by atoms with E-state index in [4.69, 9.17) is 0 Å². The summed E-state index contributed by atoms with van der Waals surface area (Å²) in [7, 11) is 0. The van der Waals surface area contributed by atoms with E-state index in [0.717, 1.165) is 13.1 Å². The highest BCUT2D eigenvalue weighted by atomic mass is 15.1. The summed E-state index contributed by atoms with van der Waals surface area (Å²) in [6, 6.07) is 17.3. The van der Waals surface area contributed by atoms with E-state index in [1.54, 1.807) is 0 Å². The van der Waals surface area contributed by atoms with Crippen molar-refractivity contribution in [2.45, 2.75) is 48.5 Å². The summed E-state index contributed by atoms with van der Waals surface area (Å²) in [6.45, 7) is 16.6. The van der Waals surface area contributed by atoms with Gasteiger partial charge in [-0.05, 0) is 38.5 Å². The molecule has 0 aliphatic heterocycles. The maximum atomic E-state index is 2.40. The molecule has 0 unspecified atom stereocenters. The van der Waals surface area contributed by atoms with E-state index < -0.39 is 0 Å². The molecule has 22 heavy (non-hydrogen) atoms. The zero-order valence-corrected chi connectivity index (χ0v) is 15.5. The lowest BCUT2D eigenvalue weighted by Crippen LogP contribution is -2.22. The highest BCUT2D eigenvalue weighted by Crippen LogP contribution is 2.31. The van der Waals surface area contributed by atoms with E-state index in [1.807, 2.05) is 27.7 Å². The van der Waals surface area contributed by atoms with Gasteiger partial charge in [0, 0.05) is 24.3 Å². The van der Waals surface area contributed by atoms with Gasteiger partial charge in [0.2, 0.25) is 0 Å². The van der Waals surface area contributed by atoms with Crippen molar-refractivity contribution in [1.82, 2.24) is 0 Å². The summed E-state index contributed by atoms with van der Waals surface area (Å²) >= 11 is 0. The smallest absolute Gasteiger partial charge is 0.0445 e. The van der Waals surface area contributed by atoms with Crippen molar-refractivity contribution in [1.29, 1.82) is 0 Å². The third kappa shape index (κ3) is 5.55. The van der Waals surface area contributed by atoms with Crippen molar-refractivity contribution in [3.05, 3.63) is 54.1 Å². The van der Waals surface area contributed by atoms with Crippen LogP contribution in [0.4, 0.5) is 5.69 Å². The SMILES string of the molecule is CC.CC.CCN(CC)c1ccc(C)cc1-c1ccccc1. The molecule has 0 fully saturated rings. The van der Waals surface area contributed by atoms with Gasteiger partial charge in [0.15, 0.2) is 0 Å². The van der Waals surface area contributed by atoms with E-state index in [2.05, 4.69) is 74.2 Å². The minimum absolute atomic E-state index is 1.04. The van der Waals surface area contributed by atoms with Crippen LogP contribution in [0.1, 0.15) is 47.1 Å². The second-order valence-electron chi connectivity index (χ2n) is 4.56. The number of hydrogen-bond acceptors (Lipinski definition) is 1. The van der Waals surface area contributed by atoms with Crippen LogP contribution in [0, 0.1) is 6.92 Å². The number of rotatable bonds is 4. The lowest BCUT2D eigenvalue weighted by Gasteiger charge is -2.24. The van der Waals surface area contributed by atoms with Gasteiger partial charge < -0.3 is 4.90 Å². The van der Waals surface area contributed by atoms with Crippen LogP contribution in [0.5, 0.6) is 0 Å². The molecule has 0 bridgehead atoms. The molecule has 0 aliphatic rings. The van der Waals surface area contributed by atoms with Crippen LogP contribution in [0.2, 0.25) is 0 Å². The van der Waals surface area contributed by atoms with Gasteiger partial charge in [0.1, 0.15) is 0 Å². The Labute approximate surface area is 138 Å². The molecule has 0 aromatic heterocycles. The molecule has 2 rings (SSSR count). The summed E-state index contributed by atoms with van der Waals surface area (Å²) in [5, 5.41) is 0. The van der Waals surface area contributed by atoms with Gasteiger partial charge in [-0.25, -0.2) is 0 Å². The fraction of sp³-hybridized carbons (Fsp3) is 0.429. The summed E-state index contributed by atoms with van der Waals surface area (Å²) in [5.41, 5.74) is 5.27. The van der Waals surface area contributed by atoms with Crippen LogP contribution in [-0.4, -0.2) is 13.1 Å². The summed E-state index contributed by atoms with van der Waals surface area (Å²) in [6.07, 6.45) is 0. The Bertz CT molecular complexity index is 499. The average Bonchev–Trinajstić information content (AvgIpc) is 2.61. The summed E-state index contributed by atoms with van der Waals surface area (Å²) in [5.74, 6) is 0. The first kappa shape index (κ1) is 20.2. The Kier molecular flexibility index (Phi) is 10.9. The van der Waals surface area contributed by atoms with Crippen molar-refractivity contribution in [3.8, 4) is 11.1 Å². The third-order valence-corrected chi connectivity index (χ3v) is 3.34. The maximum Gasteiger partial charge on any atom is 0.0445 e. The fourth-order valence-electron chi connectivity index (χ4n) is 2.34. The number of benzene rings is 2. The second-order valence-corrected chi connectivity index (χ2v) is 4.56. The highest BCUT2D eigenvalue weighted by Gasteiger charge is 2.09. The minimum atomic E-state index is 1.04. The van der Waals surface area contributed by atoms with Crippen LogP contribution in [0.25, 0.3) is 11.1 Å². The normalized spacial score (nSPS) is 9.05. The Balaban J connectivity index is 0.00000102. The van der Waals surface area contributed by atoms with Gasteiger partial charge >= 0.3 is 0 Å². The molecule has 0 N–H and O–H groups in total. The van der Waals surface area contributed by atoms with Crippen molar-refractivity contribution >= 4 is 5.69 Å². The molecule has 1 heteroatoms. The molecule has 2 aromatic rings. The number of anilines is 1. The Hall–Kier alpha value is -1.76. The zero-order valence-electron chi connectivity index (χ0n) is 15.5. The predicted molar refractivity (Wildman–Crippen MR) is 103 cm³/mol. The standard InChI is InChI=1S/C17H21N.2C2H6/c1-4-18(5-2)17-12-11-14(3)13-16(17)15-9-7-6-8-10-15;2*1-2/h6-13H,4-5H2,1-3H3;2*1-2H3. The molecule has 0 saturated carbocycles. The average molecular weight is 300 g/mol. The lowest BCUT2D eigenvalue weighted by molar-refractivity contribution is 0.867. The van der Waals surface area contributed by atoms with E-state index in [9.17, 15) is 0 Å². The van der Waals surface area contributed by atoms with Crippen molar-refractivity contribution in [2.75, 3.05) is 18.0 Å². The van der Waals surface area contributed by atoms with E-state index in [0.29, 0.717) is 0 Å². The first-order valence-corrected chi connectivity index (χ1v) is 8.67. The first-order valence-electron chi connectivity index (χ1n) is 8.67. The third-order valence-electron chi connectivity index (χ3n) is 3.34. The van der Waals surface area contributed by atoms with Gasteiger partial charge in [-0.1, -0.05) is 69.7 Å². The number of aryl methyl sites for hydroxylation is 1. The topological polar surface area (TPSA) is 3.24 Å². The van der Waals surface area contributed by atoms with Crippen molar-refractivity contribution < 1.29 is 0 Å². The predicted octanol–water partition coefficient (Wildman–Crippen LogP) is 6.56. The number of hydrogen-bond donors (Lipinski definition) is 0. The van der Waals surface area contributed by atoms with Gasteiger partial charge in [0.05, 0.1) is 0 Å². The monoisotopic (exact) mass is 299 g/mol. The number of nitrogens with zero attached hydrogens (tertiary/aromatic N) is 1. The molecule has 2 aromatic carbocycles. The molecular formula is C21H33N. The molecule has 0 atom stereocenters. The molecular weight excluding hydrogens is 266 g/mol. The van der Waals surface area contributed by atoms with Gasteiger partial charge in [-0.15, -0.1) is 0 Å². The maximum absolute atomic E-state index is 2.40. The van der Waals surface area contributed by atoms with Gasteiger partial charge in [0.25, 0.3) is 0 Å². The van der Waals surface area contributed by atoms with E-state index in [-0.39, 0.29) is 0 Å². The summed E-state index contributed by atoms with van der Waals surface area (Å²) < 4.78 is 0. The fourth-order valence-corrected chi connectivity index (χ4v) is 2.34. The summed E-state index contributed by atoms with van der Waals surface area (Å²) in [4.78, 5) is 2.40. The Morgan fingerprint density at radius 2 is 1.32 bits per heavy atom. The molecule has 0 saturated heterocycles. The Morgan fingerprint density at radius 1 is 0.773 bits per heavy atom. The van der Waals surface area contributed by atoms with Crippen molar-refractivity contribution in [2.24, 2.45) is 0 Å². The molecule has 0 amide bonds. The lowest BCUT2D eigenvalue weighted by atomic mass is 10.0. The van der Waals surface area contributed by atoms with Crippen LogP contribution >= 0.6 is 0 Å². The molecule has 0 spiro atoms. The molecule has 0 aliphatic carbocycles. The van der Waals surface area contributed by atoms with Gasteiger partial charge in [-0.3, -0.25) is 0 Å². The quantitative estimate of drug-likeness (QED) is 0.618. The van der Waals surface area contributed by atoms with Crippen LogP contribution in [0.15, 0.2) is 48.5 Å². The zero-order chi connectivity index (χ0) is 17.0.